The molecular weight excluding hydrogens is 215 g/mol. The summed E-state index contributed by atoms with van der Waals surface area (Å²) in [5.74, 6) is -0.554. The zero-order valence-electron chi connectivity index (χ0n) is 7.40. The molecule has 5 heteroatoms. The van der Waals surface area contributed by atoms with Crippen LogP contribution in [0, 0.1) is 5.82 Å². The first-order valence-electron chi connectivity index (χ1n) is 4.00. The zero-order chi connectivity index (χ0) is 10.7. The molecule has 0 aliphatic carbocycles. The highest BCUT2D eigenvalue weighted by Gasteiger charge is 2.14. The smallest absolute Gasteiger partial charge is 0.258 e. The Morgan fingerprint density at radius 2 is 1.93 bits per heavy atom. The Hall–Kier alpha value is -0.900. The standard InChI is InChI=1S/C9H9ClF3N/c1-5(9(12)13)14-8-3-6(10)2-7(11)4-8/h2-5,9,14H,1H3. The van der Waals surface area contributed by atoms with Gasteiger partial charge in [-0.2, -0.15) is 0 Å². The van der Waals surface area contributed by atoms with Crippen LogP contribution in [0.15, 0.2) is 18.2 Å². The van der Waals surface area contributed by atoms with Crippen molar-refractivity contribution in [2.45, 2.75) is 19.4 Å². The van der Waals surface area contributed by atoms with Crippen molar-refractivity contribution in [3.8, 4) is 0 Å². The molecule has 1 aromatic carbocycles. The van der Waals surface area contributed by atoms with Crippen molar-refractivity contribution in [3.63, 3.8) is 0 Å². The molecule has 78 valence electrons. The minimum absolute atomic E-state index is 0.175. The molecule has 0 heterocycles. The number of nitrogens with one attached hydrogen (secondary N) is 1. The van der Waals surface area contributed by atoms with Crippen LogP contribution in [0.4, 0.5) is 18.9 Å². The maximum absolute atomic E-state index is 12.8. The lowest BCUT2D eigenvalue weighted by atomic mass is 10.2. The summed E-state index contributed by atoms with van der Waals surface area (Å²) in [7, 11) is 0. The van der Waals surface area contributed by atoms with Crippen molar-refractivity contribution in [2.75, 3.05) is 5.32 Å². The van der Waals surface area contributed by atoms with Gasteiger partial charge < -0.3 is 5.32 Å². The molecule has 0 aliphatic heterocycles. The molecular formula is C9H9ClF3N. The lowest BCUT2D eigenvalue weighted by molar-refractivity contribution is 0.130. The molecule has 0 aromatic heterocycles. The van der Waals surface area contributed by atoms with Crippen LogP contribution in [0.25, 0.3) is 0 Å². The van der Waals surface area contributed by atoms with E-state index in [0.29, 0.717) is 0 Å². The van der Waals surface area contributed by atoms with E-state index in [4.69, 9.17) is 11.6 Å². The molecule has 0 saturated carbocycles. The summed E-state index contributed by atoms with van der Waals surface area (Å²) in [5, 5.41) is 2.62. The molecule has 1 N–H and O–H groups in total. The topological polar surface area (TPSA) is 12.0 Å². The lowest BCUT2D eigenvalue weighted by Crippen LogP contribution is -2.23. The van der Waals surface area contributed by atoms with Gasteiger partial charge in [0.05, 0.1) is 6.04 Å². The van der Waals surface area contributed by atoms with Crippen LogP contribution < -0.4 is 5.32 Å². The summed E-state index contributed by atoms with van der Waals surface area (Å²) < 4.78 is 37.0. The monoisotopic (exact) mass is 223 g/mol. The number of hydrogen-bond donors (Lipinski definition) is 1. The van der Waals surface area contributed by atoms with Gasteiger partial charge in [-0.3, -0.25) is 0 Å². The van der Waals surface area contributed by atoms with Gasteiger partial charge in [-0.05, 0) is 25.1 Å². The van der Waals surface area contributed by atoms with E-state index in [9.17, 15) is 13.2 Å². The van der Waals surface area contributed by atoms with E-state index in [0.717, 1.165) is 12.1 Å². The molecule has 1 atom stereocenters. The predicted octanol–water partition coefficient (Wildman–Crippen LogP) is 3.54. The summed E-state index contributed by atoms with van der Waals surface area (Å²) in [5.41, 5.74) is 0.253. The number of alkyl halides is 2. The van der Waals surface area contributed by atoms with Crippen LogP contribution in [0.2, 0.25) is 5.02 Å². The molecule has 0 bridgehead atoms. The van der Waals surface area contributed by atoms with Crippen molar-refractivity contribution >= 4 is 17.3 Å². The van der Waals surface area contributed by atoms with Crippen molar-refractivity contribution in [1.82, 2.24) is 0 Å². The Bertz CT molecular complexity index is 297. The van der Waals surface area contributed by atoms with Gasteiger partial charge in [0.15, 0.2) is 0 Å². The highest BCUT2D eigenvalue weighted by Crippen LogP contribution is 2.19. The second kappa shape index (κ2) is 4.55. The highest BCUT2D eigenvalue weighted by molar-refractivity contribution is 6.30. The van der Waals surface area contributed by atoms with E-state index in [1.165, 1.54) is 13.0 Å². The van der Waals surface area contributed by atoms with E-state index in [2.05, 4.69) is 5.32 Å². The fourth-order valence-electron chi connectivity index (χ4n) is 0.963. The SMILES string of the molecule is CC(Nc1cc(F)cc(Cl)c1)C(F)F. The van der Waals surface area contributed by atoms with Gasteiger partial charge in [0.1, 0.15) is 5.82 Å². The summed E-state index contributed by atoms with van der Waals surface area (Å²) in [6, 6.07) is 2.58. The fraction of sp³-hybridized carbons (Fsp3) is 0.333. The molecule has 0 saturated heterocycles. The van der Waals surface area contributed by atoms with E-state index in [1.54, 1.807) is 0 Å². The first-order chi connectivity index (χ1) is 6.49. The summed E-state index contributed by atoms with van der Waals surface area (Å²) in [6.45, 7) is 1.31. The van der Waals surface area contributed by atoms with E-state index in [1.807, 2.05) is 0 Å². The number of halogens is 4. The average molecular weight is 224 g/mol. The van der Waals surface area contributed by atoms with Gasteiger partial charge in [-0.15, -0.1) is 0 Å². The highest BCUT2D eigenvalue weighted by atomic mass is 35.5. The normalized spacial score (nSPS) is 13.0. The van der Waals surface area contributed by atoms with Crippen LogP contribution >= 0.6 is 11.6 Å². The van der Waals surface area contributed by atoms with Crippen molar-refractivity contribution in [3.05, 3.63) is 29.0 Å². The third kappa shape index (κ3) is 3.10. The minimum Gasteiger partial charge on any atom is -0.377 e. The first-order valence-corrected chi connectivity index (χ1v) is 4.37. The molecule has 0 spiro atoms. The Morgan fingerprint density at radius 1 is 1.29 bits per heavy atom. The molecule has 1 unspecified atom stereocenters. The summed E-state index contributed by atoms with van der Waals surface area (Å²) in [4.78, 5) is 0. The molecule has 0 aliphatic rings. The third-order valence-electron chi connectivity index (χ3n) is 1.63. The first kappa shape index (κ1) is 11.2. The predicted molar refractivity (Wildman–Crippen MR) is 50.5 cm³/mol. The van der Waals surface area contributed by atoms with Gasteiger partial charge in [0.2, 0.25) is 0 Å². The van der Waals surface area contributed by atoms with E-state index >= 15 is 0 Å². The lowest BCUT2D eigenvalue weighted by Gasteiger charge is -2.14. The zero-order valence-corrected chi connectivity index (χ0v) is 8.15. The molecule has 0 fully saturated rings. The van der Waals surface area contributed by atoms with E-state index in [-0.39, 0.29) is 10.7 Å². The van der Waals surface area contributed by atoms with Crippen molar-refractivity contribution < 1.29 is 13.2 Å². The number of rotatable bonds is 3. The fourth-order valence-corrected chi connectivity index (χ4v) is 1.18. The minimum atomic E-state index is -2.50. The molecule has 14 heavy (non-hydrogen) atoms. The molecule has 1 nitrogen and oxygen atoms in total. The summed E-state index contributed by atoms with van der Waals surface area (Å²) >= 11 is 5.55. The van der Waals surface area contributed by atoms with Gasteiger partial charge in [-0.25, -0.2) is 13.2 Å². The maximum Gasteiger partial charge on any atom is 0.258 e. The number of benzene rings is 1. The number of anilines is 1. The third-order valence-corrected chi connectivity index (χ3v) is 1.85. The molecule has 1 aromatic rings. The maximum atomic E-state index is 12.8. The van der Waals surface area contributed by atoms with Crippen molar-refractivity contribution in [1.29, 1.82) is 0 Å². The van der Waals surface area contributed by atoms with Crippen LogP contribution in [-0.4, -0.2) is 12.5 Å². The van der Waals surface area contributed by atoms with Gasteiger partial charge >= 0.3 is 0 Å². The Kier molecular flexibility index (Phi) is 3.63. The largest absolute Gasteiger partial charge is 0.377 e. The van der Waals surface area contributed by atoms with Crippen LogP contribution in [0.3, 0.4) is 0 Å². The van der Waals surface area contributed by atoms with Gasteiger partial charge in [-0.1, -0.05) is 11.6 Å². The van der Waals surface area contributed by atoms with Crippen LogP contribution in [-0.2, 0) is 0 Å². The van der Waals surface area contributed by atoms with Crippen LogP contribution in [0.5, 0.6) is 0 Å². The Morgan fingerprint density at radius 3 is 2.43 bits per heavy atom. The molecule has 0 radical (unpaired) electrons. The van der Waals surface area contributed by atoms with Crippen molar-refractivity contribution in [2.24, 2.45) is 0 Å². The van der Waals surface area contributed by atoms with E-state index < -0.39 is 18.3 Å². The number of hydrogen-bond acceptors (Lipinski definition) is 1. The van der Waals surface area contributed by atoms with Gasteiger partial charge in [0.25, 0.3) is 6.43 Å². The second-order valence-electron chi connectivity index (χ2n) is 2.93. The van der Waals surface area contributed by atoms with Gasteiger partial charge in [0, 0.05) is 10.7 Å². The quantitative estimate of drug-likeness (QED) is 0.827. The molecule has 0 amide bonds. The van der Waals surface area contributed by atoms with Crippen LogP contribution in [0.1, 0.15) is 6.92 Å². The Balaban J connectivity index is 2.76. The second-order valence-corrected chi connectivity index (χ2v) is 3.36. The summed E-state index contributed by atoms with van der Waals surface area (Å²) in [6.07, 6.45) is -2.50. The molecule has 1 rings (SSSR count). The average Bonchev–Trinajstić information content (AvgIpc) is 2.01. The Labute approximate surface area is 84.9 Å².